The summed E-state index contributed by atoms with van der Waals surface area (Å²) in [7, 11) is 0. The first-order chi connectivity index (χ1) is 9.54. The minimum Gasteiger partial charge on any atom is -0.393 e. The van der Waals surface area contributed by atoms with Gasteiger partial charge in [-0.15, -0.1) is 0 Å². The summed E-state index contributed by atoms with van der Waals surface area (Å²) in [6.07, 6.45) is 1.51. The summed E-state index contributed by atoms with van der Waals surface area (Å²) in [5.41, 5.74) is 7.47. The average Bonchev–Trinajstić information content (AvgIpc) is 2.44. The Morgan fingerprint density at radius 3 is 2.75 bits per heavy atom. The van der Waals surface area contributed by atoms with Gasteiger partial charge in [-0.1, -0.05) is 43.6 Å². The molecule has 4 atom stereocenters. The van der Waals surface area contributed by atoms with Crippen LogP contribution in [0.15, 0.2) is 24.3 Å². The highest BCUT2D eigenvalue weighted by Gasteiger charge is 2.33. The van der Waals surface area contributed by atoms with Crippen molar-refractivity contribution in [1.82, 2.24) is 4.90 Å². The minimum absolute atomic E-state index is 0.0531. The minimum atomic E-state index is -0.198. The van der Waals surface area contributed by atoms with Crippen LogP contribution in [0, 0.1) is 5.92 Å². The van der Waals surface area contributed by atoms with E-state index < -0.39 is 0 Å². The highest BCUT2D eigenvalue weighted by atomic mass is 35.5. The third-order valence-electron chi connectivity index (χ3n) is 4.39. The topological polar surface area (TPSA) is 49.5 Å². The van der Waals surface area contributed by atoms with Gasteiger partial charge in [0.1, 0.15) is 0 Å². The fourth-order valence-electron chi connectivity index (χ4n) is 3.05. The molecule has 0 saturated carbocycles. The van der Waals surface area contributed by atoms with Crippen LogP contribution in [0.4, 0.5) is 0 Å². The number of likely N-dealkylation sites (tertiary alicyclic amines) is 1. The zero-order chi connectivity index (χ0) is 14.7. The van der Waals surface area contributed by atoms with Crippen molar-refractivity contribution in [3.8, 4) is 0 Å². The molecular formula is C16H25ClN2O. The van der Waals surface area contributed by atoms with E-state index in [9.17, 15) is 5.11 Å². The molecule has 1 aliphatic heterocycles. The molecule has 1 aromatic rings. The molecule has 4 heteroatoms. The van der Waals surface area contributed by atoms with E-state index in [0.717, 1.165) is 36.5 Å². The second-order valence-electron chi connectivity index (χ2n) is 5.87. The molecule has 1 aliphatic rings. The molecule has 0 radical (unpaired) electrons. The predicted molar refractivity (Wildman–Crippen MR) is 83.8 cm³/mol. The summed E-state index contributed by atoms with van der Waals surface area (Å²) in [5.74, 6) is 0.276. The molecule has 0 bridgehead atoms. The van der Waals surface area contributed by atoms with Gasteiger partial charge in [-0.05, 0) is 30.4 Å². The number of nitrogens with zero attached hydrogens (tertiary/aromatic N) is 1. The number of rotatable bonds is 4. The summed E-state index contributed by atoms with van der Waals surface area (Å²) in [4.78, 5) is 2.38. The van der Waals surface area contributed by atoms with Crippen molar-refractivity contribution in [3.63, 3.8) is 0 Å². The van der Waals surface area contributed by atoms with Gasteiger partial charge < -0.3 is 10.8 Å². The highest BCUT2D eigenvalue weighted by molar-refractivity contribution is 6.31. The maximum Gasteiger partial charge on any atom is 0.0590 e. The molecule has 1 heterocycles. The van der Waals surface area contributed by atoms with Gasteiger partial charge in [0, 0.05) is 24.2 Å². The van der Waals surface area contributed by atoms with Crippen molar-refractivity contribution in [2.24, 2.45) is 11.7 Å². The maximum atomic E-state index is 9.91. The summed E-state index contributed by atoms with van der Waals surface area (Å²) < 4.78 is 0. The number of aliphatic hydroxyl groups is 1. The molecule has 4 unspecified atom stereocenters. The second-order valence-corrected chi connectivity index (χ2v) is 6.27. The Labute approximate surface area is 126 Å². The van der Waals surface area contributed by atoms with Crippen LogP contribution in [0.1, 0.15) is 38.3 Å². The lowest BCUT2D eigenvalue weighted by Gasteiger charge is -2.42. The normalized spacial score (nSPS) is 27.2. The number of hydrogen-bond acceptors (Lipinski definition) is 3. The summed E-state index contributed by atoms with van der Waals surface area (Å²) in [6.45, 7) is 5.94. The first-order valence-electron chi connectivity index (χ1n) is 7.46. The second kappa shape index (κ2) is 6.90. The zero-order valence-corrected chi connectivity index (χ0v) is 13.1. The van der Waals surface area contributed by atoms with Gasteiger partial charge in [-0.25, -0.2) is 0 Å². The SMILES string of the molecule is CCC(N)C(c1ccccc1Cl)N1CCC(O)C(C)C1. The van der Waals surface area contributed by atoms with Crippen LogP contribution in [0.25, 0.3) is 0 Å². The predicted octanol–water partition coefficient (Wildman–Crippen LogP) is 2.82. The lowest BCUT2D eigenvalue weighted by molar-refractivity contribution is 0.0112. The van der Waals surface area contributed by atoms with Crippen molar-refractivity contribution in [2.75, 3.05) is 13.1 Å². The first-order valence-corrected chi connectivity index (χ1v) is 7.84. The molecule has 20 heavy (non-hydrogen) atoms. The Hall–Kier alpha value is -0.610. The molecule has 3 N–H and O–H groups in total. The van der Waals surface area contributed by atoms with Crippen molar-refractivity contribution in [3.05, 3.63) is 34.9 Å². The average molecular weight is 297 g/mol. The quantitative estimate of drug-likeness (QED) is 0.898. The first kappa shape index (κ1) is 15.8. The fraction of sp³-hybridized carbons (Fsp3) is 0.625. The number of benzene rings is 1. The van der Waals surface area contributed by atoms with Crippen LogP contribution in [-0.2, 0) is 0 Å². The lowest BCUT2D eigenvalue weighted by Crippen LogP contribution is -2.48. The highest BCUT2D eigenvalue weighted by Crippen LogP contribution is 2.33. The van der Waals surface area contributed by atoms with Crippen molar-refractivity contribution in [1.29, 1.82) is 0 Å². The zero-order valence-electron chi connectivity index (χ0n) is 12.3. The number of aliphatic hydroxyl groups excluding tert-OH is 1. The Bertz CT molecular complexity index is 440. The van der Waals surface area contributed by atoms with Crippen molar-refractivity contribution < 1.29 is 5.11 Å². The molecule has 112 valence electrons. The molecule has 0 aromatic heterocycles. The van der Waals surface area contributed by atoms with Gasteiger partial charge in [0.15, 0.2) is 0 Å². The van der Waals surface area contributed by atoms with Crippen LogP contribution in [0.2, 0.25) is 5.02 Å². The van der Waals surface area contributed by atoms with E-state index in [4.69, 9.17) is 17.3 Å². The molecule has 2 rings (SSSR count). The standard InChI is InChI=1S/C16H25ClN2O/c1-3-14(18)16(12-6-4-5-7-13(12)17)19-9-8-15(20)11(2)10-19/h4-7,11,14-16,20H,3,8-10,18H2,1-2H3. The van der Waals surface area contributed by atoms with E-state index in [2.05, 4.69) is 24.8 Å². The van der Waals surface area contributed by atoms with Gasteiger partial charge in [0.05, 0.1) is 12.1 Å². The number of hydrogen-bond donors (Lipinski definition) is 2. The van der Waals surface area contributed by atoms with Crippen LogP contribution in [0.3, 0.4) is 0 Å². The third-order valence-corrected chi connectivity index (χ3v) is 4.73. The number of halogens is 1. The smallest absolute Gasteiger partial charge is 0.0590 e. The molecule has 0 aliphatic carbocycles. The monoisotopic (exact) mass is 296 g/mol. The summed E-state index contributed by atoms with van der Waals surface area (Å²) in [6, 6.07) is 8.13. The van der Waals surface area contributed by atoms with E-state index in [0.29, 0.717) is 0 Å². The molecule has 1 saturated heterocycles. The number of piperidine rings is 1. The molecule has 1 fully saturated rings. The van der Waals surface area contributed by atoms with Crippen LogP contribution in [-0.4, -0.2) is 35.2 Å². The van der Waals surface area contributed by atoms with Crippen LogP contribution in [0.5, 0.6) is 0 Å². The van der Waals surface area contributed by atoms with Gasteiger partial charge in [0.25, 0.3) is 0 Å². The summed E-state index contributed by atoms with van der Waals surface area (Å²) in [5, 5.41) is 10.7. The Balaban J connectivity index is 2.27. The van der Waals surface area contributed by atoms with Crippen molar-refractivity contribution >= 4 is 11.6 Å². The van der Waals surface area contributed by atoms with Gasteiger partial charge in [-0.3, -0.25) is 4.90 Å². The Morgan fingerprint density at radius 1 is 1.45 bits per heavy atom. The van der Waals surface area contributed by atoms with Crippen LogP contribution < -0.4 is 5.73 Å². The third kappa shape index (κ3) is 3.34. The lowest BCUT2D eigenvalue weighted by atomic mass is 9.90. The van der Waals surface area contributed by atoms with E-state index >= 15 is 0 Å². The van der Waals surface area contributed by atoms with Crippen molar-refractivity contribution in [2.45, 2.75) is 44.9 Å². The van der Waals surface area contributed by atoms with E-state index in [1.807, 2.05) is 18.2 Å². The fourth-order valence-corrected chi connectivity index (χ4v) is 3.30. The Kier molecular flexibility index (Phi) is 5.44. The van der Waals surface area contributed by atoms with Gasteiger partial charge in [0.2, 0.25) is 0 Å². The largest absolute Gasteiger partial charge is 0.393 e. The number of nitrogens with two attached hydrogens (primary N) is 1. The van der Waals surface area contributed by atoms with Crippen LogP contribution >= 0.6 is 11.6 Å². The van der Waals surface area contributed by atoms with E-state index in [1.165, 1.54) is 0 Å². The molecule has 0 amide bonds. The maximum absolute atomic E-state index is 9.91. The van der Waals surface area contributed by atoms with E-state index in [1.54, 1.807) is 0 Å². The van der Waals surface area contributed by atoms with Gasteiger partial charge in [-0.2, -0.15) is 0 Å². The molecular weight excluding hydrogens is 272 g/mol. The van der Waals surface area contributed by atoms with Gasteiger partial charge >= 0.3 is 0 Å². The summed E-state index contributed by atoms with van der Waals surface area (Å²) >= 11 is 6.37. The molecule has 0 spiro atoms. The molecule has 3 nitrogen and oxygen atoms in total. The Morgan fingerprint density at radius 2 is 2.15 bits per heavy atom. The molecule has 1 aromatic carbocycles. The van der Waals surface area contributed by atoms with E-state index in [-0.39, 0.29) is 24.1 Å².